The normalized spacial score (nSPS) is 11.1. The van der Waals surface area contributed by atoms with Gasteiger partial charge in [-0.2, -0.15) is 10.2 Å². The van der Waals surface area contributed by atoms with Crippen LogP contribution in [0.5, 0.6) is 11.5 Å². The number of allylic oxidation sites excluding steroid dienone is 2. The van der Waals surface area contributed by atoms with E-state index in [1.165, 1.54) is 0 Å². The highest BCUT2D eigenvalue weighted by Crippen LogP contribution is 2.12. The molecular weight excluding hydrogens is 390 g/mol. The zero-order chi connectivity index (χ0) is 20.0. The predicted octanol–water partition coefficient (Wildman–Crippen LogP) is 3.94. The molecule has 0 bridgehead atoms. The van der Waals surface area contributed by atoms with Crippen LogP contribution in [0.2, 0.25) is 0 Å². The van der Waals surface area contributed by atoms with Crippen molar-refractivity contribution < 1.29 is 9.47 Å². The maximum absolute atomic E-state index is 7.65. The van der Waals surface area contributed by atoms with E-state index in [0.29, 0.717) is 0 Å². The Bertz CT molecular complexity index is 788. The van der Waals surface area contributed by atoms with Crippen LogP contribution >= 0.6 is 12.4 Å². The van der Waals surface area contributed by atoms with Crippen LogP contribution in [0.1, 0.15) is 11.1 Å². The summed E-state index contributed by atoms with van der Waals surface area (Å²) >= 11 is 0. The molecule has 0 spiro atoms. The molecule has 0 saturated carbocycles. The number of nitrogens with zero attached hydrogens (tertiary/aromatic N) is 2. The minimum absolute atomic E-state index is 0. The standard InChI is InChI=1S/C21H23N5O2.ClH/c1-27-19-11-7-17(8-12-19)5-3-15-23-25-21(22)26-24-16-4-6-18-9-13-20(28-2)14-10-18;/h3-16H,1-2H3,(H3,22,25,26);1H. The largest absolute Gasteiger partial charge is 0.497 e. The van der Waals surface area contributed by atoms with Crippen molar-refractivity contribution in [2.75, 3.05) is 14.2 Å². The lowest BCUT2D eigenvalue weighted by molar-refractivity contribution is 0.414. The molecule has 0 radical (unpaired) electrons. The van der Waals surface area contributed by atoms with Crippen molar-refractivity contribution in [3.63, 3.8) is 0 Å². The molecule has 152 valence electrons. The Hall–Kier alpha value is -3.58. The number of ether oxygens (including phenoxy) is 2. The van der Waals surface area contributed by atoms with Crippen molar-refractivity contribution in [2.45, 2.75) is 0 Å². The Morgan fingerprint density at radius 2 is 1.14 bits per heavy atom. The third-order valence-electron chi connectivity index (χ3n) is 3.48. The first-order valence-corrected chi connectivity index (χ1v) is 8.49. The van der Waals surface area contributed by atoms with Crippen LogP contribution < -0.4 is 20.3 Å². The van der Waals surface area contributed by atoms with Gasteiger partial charge >= 0.3 is 0 Å². The van der Waals surface area contributed by atoms with E-state index in [1.807, 2.05) is 60.7 Å². The number of hydrogen-bond acceptors (Lipinski definition) is 5. The Morgan fingerprint density at radius 1 is 0.759 bits per heavy atom. The average Bonchev–Trinajstić information content (AvgIpc) is 2.74. The van der Waals surface area contributed by atoms with E-state index in [9.17, 15) is 0 Å². The fourth-order valence-corrected chi connectivity index (χ4v) is 2.05. The minimum Gasteiger partial charge on any atom is -0.497 e. The highest BCUT2D eigenvalue weighted by atomic mass is 35.5. The summed E-state index contributed by atoms with van der Waals surface area (Å²) in [5.74, 6) is 1.58. The quantitative estimate of drug-likeness (QED) is 0.347. The summed E-state index contributed by atoms with van der Waals surface area (Å²) in [6.07, 6.45) is 10.4. The van der Waals surface area contributed by atoms with E-state index in [2.05, 4.69) is 21.1 Å². The van der Waals surface area contributed by atoms with E-state index in [4.69, 9.17) is 14.9 Å². The summed E-state index contributed by atoms with van der Waals surface area (Å²) in [6.45, 7) is 0. The molecule has 0 aromatic heterocycles. The summed E-state index contributed by atoms with van der Waals surface area (Å²) < 4.78 is 10.2. The molecular formula is C21H24ClN5O2. The minimum atomic E-state index is -0.0387. The third kappa shape index (κ3) is 9.25. The summed E-state index contributed by atoms with van der Waals surface area (Å²) in [4.78, 5) is 0. The molecule has 2 aromatic rings. The molecule has 0 heterocycles. The van der Waals surface area contributed by atoms with Crippen LogP contribution in [0.15, 0.2) is 70.9 Å². The molecule has 3 N–H and O–H groups in total. The molecule has 2 aromatic carbocycles. The zero-order valence-electron chi connectivity index (χ0n) is 16.2. The lowest BCUT2D eigenvalue weighted by atomic mass is 10.2. The van der Waals surface area contributed by atoms with Gasteiger partial charge in [0.1, 0.15) is 11.5 Å². The molecule has 0 fully saturated rings. The van der Waals surface area contributed by atoms with Gasteiger partial charge in [-0.3, -0.25) is 5.41 Å². The first-order valence-electron chi connectivity index (χ1n) is 8.49. The third-order valence-corrected chi connectivity index (χ3v) is 3.48. The Kier molecular flexibility index (Phi) is 11.0. The number of benzene rings is 2. The van der Waals surface area contributed by atoms with Gasteiger partial charge in [-0.15, -0.1) is 12.4 Å². The van der Waals surface area contributed by atoms with Crippen LogP contribution in [-0.4, -0.2) is 32.6 Å². The molecule has 0 aliphatic heterocycles. The van der Waals surface area contributed by atoms with Gasteiger partial charge in [0.25, 0.3) is 0 Å². The van der Waals surface area contributed by atoms with Crippen LogP contribution in [0.4, 0.5) is 0 Å². The number of hydrogen-bond donors (Lipinski definition) is 3. The Balaban J connectivity index is 0.00000420. The van der Waals surface area contributed by atoms with Crippen molar-refractivity contribution in [1.82, 2.24) is 10.9 Å². The SMILES string of the molecule is COc1ccc(C=CC=NNC(=N)NN=CC=Cc2ccc(OC)cc2)cc1.Cl. The molecule has 0 aliphatic rings. The first kappa shape index (κ1) is 23.5. The summed E-state index contributed by atoms with van der Waals surface area (Å²) in [5.41, 5.74) is 7.10. The molecule has 0 unspecified atom stereocenters. The van der Waals surface area contributed by atoms with Crippen LogP contribution in [-0.2, 0) is 0 Å². The maximum atomic E-state index is 7.65. The first-order chi connectivity index (χ1) is 13.7. The molecule has 7 nitrogen and oxygen atoms in total. The molecule has 2 rings (SSSR count). The van der Waals surface area contributed by atoms with Crippen molar-refractivity contribution in [3.05, 3.63) is 71.8 Å². The van der Waals surface area contributed by atoms with E-state index in [1.54, 1.807) is 38.8 Å². The number of hydrazone groups is 2. The van der Waals surface area contributed by atoms with Crippen LogP contribution in [0.25, 0.3) is 12.2 Å². The topological polar surface area (TPSA) is 91.1 Å². The fourth-order valence-electron chi connectivity index (χ4n) is 2.05. The van der Waals surface area contributed by atoms with Crippen LogP contribution in [0.3, 0.4) is 0 Å². The highest BCUT2D eigenvalue weighted by molar-refractivity contribution is 5.85. The molecule has 0 amide bonds. The van der Waals surface area contributed by atoms with E-state index in [0.717, 1.165) is 22.6 Å². The van der Waals surface area contributed by atoms with Gasteiger partial charge in [-0.25, -0.2) is 10.9 Å². The van der Waals surface area contributed by atoms with Gasteiger partial charge in [0, 0.05) is 12.4 Å². The van der Waals surface area contributed by atoms with Crippen molar-refractivity contribution in [3.8, 4) is 11.5 Å². The van der Waals surface area contributed by atoms with Gasteiger partial charge in [-0.1, -0.05) is 36.4 Å². The average molecular weight is 414 g/mol. The molecule has 8 heteroatoms. The highest BCUT2D eigenvalue weighted by Gasteiger charge is 1.90. The number of rotatable bonds is 8. The van der Waals surface area contributed by atoms with E-state index < -0.39 is 0 Å². The number of halogens is 1. The van der Waals surface area contributed by atoms with Gasteiger partial charge in [0.05, 0.1) is 14.2 Å². The molecule has 0 atom stereocenters. The van der Waals surface area contributed by atoms with E-state index >= 15 is 0 Å². The van der Waals surface area contributed by atoms with Crippen molar-refractivity contribution in [1.29, 1.82) is 5.41 Å². The molecule has 29 heavy (non-hydrogen) atoms. The second-order valence-electron chi connectivity index (χ2n) is 5.42. The maximum Gasteiger partial charge on any atom is 0.230 e. The smallest absolute Gasteiger partial charge is 0.230 e. The Labute approximate surface area is 176 Å². The van der Waals surface area contributed by atoms with Gasteiger partial charge in [-0.05, 0) is 47.5 Å². The molecule has 0 saturated heterocycles. The number of nitrogens with one attached hydrogen (secondary N) is 3. The summed E-state index contributed by atoms with van der Waals surface area (Å²) in [5, 5.41) is 15.5. The second-order valence-corrected chi connectivity index (χ2v) is 5.42. The number of guanidine groups is 1. The lowest BCUT2D eigenvalue weighted by Crippen LogP contribution is -2.29. The fraction of sp³-hybridized carbons (Fsp3) is 0.0952. The van der Waals surface area contributed by atoms with Crippen molar-refractivity contribution in [2.24, 2.45) is 10.2 Å². The predicted molar refractivity (Wildman–Crippen MR) is 122 cm³/mol. The monoisotopic (exact) mass is 413 g/mol. The second kappa shape index (κ2) is 13.6. The number of methoxy groups -OCH3 is 2. The summed E-state index contributed by atoms with van der Waals surface area (Å²) in [7, 11) is 3.26. The van der Waals surface area contributed by atoms with E-state index in [-0.39, 0.29) is 18.4 Å². The van der Waals surface area contributed by atoms with Gasteiger partial charge in [0.15, 0.2) is 0 Å². The molecule has 0 aliphatic carbocycles. The van der Waals surface area contributed by atoms with Gasteiger partial charge in [0.2, 0.25) is 5.96 Å². The van der Waals surface area contributed by atoms with Gasteiger partial charge < -0.3 is 9.47 Å². The Morgan fingerprint density at radius 3 is 1.48 bits per heavy atom. The lowest BCUT2D eigenvalue weighted by Gasteiger charge is -1.99. The van der Waals surface area contributed by atoms with Crippen LogP contribution in [0, 0.1) is 5.41 Å². The van der Waals surface area contributed by atoms with Crippen molar-refractivity contribution >= 4 is 42.9 Å². The summed E-state index contributed by atoms with van der Waals surface area (Å²) in [6, 6.07) is 15.3. The zero-order valence-corrected chi connectivity index (χ0v) is 17.0.